The van der Waals surface area contributed by atoms with Gasteiger partial charge in [-0.05, 0) is 53.4 Å². The molecule has 4 heteroatoms. The molecule has 0 unspecified atom stereocenters. The molecule has 0 aliphatic rings. The highest BCUT2D eigenvalue weighted by Crippen LogP contribution is 2.44. The fraction of sp³-hybridized carbons (Fsp3) is 0. The zero-order valence-electron chi connectivity index (χ0n) is 24.3. The molecule has 0 aliphatic heterocycles. The molecule has 0 aliphatic carbocycles. The van der Waals surface area contributed by atoms with Crippen LogP contribution < -0.4 is 4.90 Å². The van der Waals surface area contributed by atoms with E-state index in [1.165, 1.54) is 16.3 Å². The largest absolute Gasteiger partial charge is 0.422 e. The highest BCUT2D eigenvalue weighted by atomic mass is 16.4. The minimum Gasteiger partial charge on any atom is -0.422 e. The van der Waals surface area contributed by atoms with Crippen LogP contribution in [0, 0.1) is 0 Å². The number of nitrogens with zero attached hydrogens (tertiary/aromatic N) is 3. The monoisotopic (exact) mass is 577 g/mol. The van der Waals surface area contributed by atoms with Gasteiger partial charge in [-0.25, -0.2) is 0 Å². The molecule has 4 nitrogen and oxygen atoms in total. The molecule has 0 atom stereocenters. The van der Waals surface area contributed by atoms with Gasteiger partial charge in [0.05, 0.1) is 22.4 Å². The third kappa shape index (κ3) is 4.11. The van der Waals surface area contributed by atoms with Crippen LogP contribution in [-0.2, 0) is 0 Å². The Morgan fingerprint density at radius 3 is 2.09 bits per heavy atom. The van der Waals surface area contributed by atoms with Gasteiger partial charge >= 0.3 is 6.01 Å². The van der Waals surface area contributed by atoms with Crippen LogP contribution in [-0.4, -0.2) is 9.55 Å². The summed E-state index contributed by atoms with van der Waals surface area (Å²) in [5.74, 6) is 0. The smallest absolute Gasteiger partial charge is 0.307 e. The Hall–Kier alpha value is -6.13. The quantitative estimate of drug-likeness (QED) is 0.204. The summed E-state index contributed by atoms with van der Waals surface area (Å²) in [6.07, 6.45) is 0. The molecule has 0 amide bonds. The van der Waals surface area contributed by atoms with Crippen LogP contribution in [0.5, 0.6) is 0 Å². The van der Waals surface area contributed by atoms with E-state index in [9.17, 15) is 0 Å². The van der Waals surface area contributed by atoms with Gasteiger partial charge in [0.1, 0.15) is 5.52 Å². The number of anilines is 3. The number of benzene rings is 7. The van der Waals surface area contributed by atoms with E-state index in [1.807, 2.05) is 18.2 Å². The fourth-order valence-corrected chi connectivity index (χ4v) is 6.58. The summed E-state index contributed by atoms with van der Waals surface area (Å²) in [5.41, 5.74) is 9.17. The molecule has 212 valence electrons. The molecule has 7 aromatic carbocycles. The molecule has 0 fully saturated rings. The Labute approximate surface area is 260 Å². The van der Waals surface area contributed by atoms with Crippen LogP contribution in [0.3, 0.4) is 0 Å². The van der Waals surface area contributed by atoms with Crippen molar-refractivity contribution >= 4 is 61.1 Å². The Balaban J connectivity index is 1.34. The van der Waals surface area contributed by atoms with Crippen LogP contribution in [0.15, 0.2) is 168 Å². The van der Waals surface area contributed by atoms with Crippen molar-refractivity contribution in [1.29, 1.82) is 0 Å². The average molecular weight is 578 g/mol. The van der Waals surface area contributed by atoms with Crippen molar-refractivity contribution < 1.29 is 4.42 Å². The number of aromatic nitrogens is 2. The molecular weight excluding hydrogens is 550 g/mol. The van der Waals surface area contributed by atoms with Crippen molar-refractivity contribution in [1.82, 2.24) is 9.55 Å². The van der Waals surface area contributed by atoms with Gasteiger partial charge in [-0.15, -0.1) is 0 Å². The Morgan fingerprint density at radius 1 is 0.533 bits per heavy atom. The maximum atomic E-state index is 6.74. The van der Waals surface area contributed by atoms with Crippen molar-refractivity contribution in [2.45, 2.75) is 0 Å². The highest BCUT2D eigenvalue weighted by molar-refractivity contribution is 6.10. The maximum absolute atomic E-state index is 6.74. The van der Waals surface area contributed by atoms with E-state index in [4.69, 9.17) is 9.40 Å². The van der Waals surface area contributed by atoms with Gasteiger partial charge in [0.2, 0.25) is 0 Å². The first-order chi connectivity index (χ1) is 22.3. The third-order valence-corrected chi connectivity index (χ3v) is 8.62. The lowest BCUT2D eigenvalue weighted by molar-refractivity contribution is 0.611. The minimum atomic E-state index is 0.520. The summed E-state index contributed by atoms with van der Waals surface area (Å²) in [6.45, 7) is 0. The van der Waals surface area contributed by atoms with Gasteiger partial charge in [0, 0.05) is 27.4 Å². The van der Waals surface area contributed by atoms with Crippen LogP contribution >= 0.6 is 0 Å². The molecule has 0 N–H and O–H groups in total. The predicted octanol–water partition coefficient (Wildman–Crippen LogP) is 11.2. The molecule has 0 radical (unpaired) electrons. The van der Waals surface area contributed by atoms with Gasteiger partial charge in [0.25, 0.3) is 0 Å². The van der Waals surface area contributed by atoms with E-state index >= 15 is 0 Å². The number of para-hydroxylation sites is 3. The molecule has 45 heavy (non-hydrogen) atoms. The Morgan fingerprint density at radius 2 is 1.22 bits per heavy atom. The second kappa shape index (κ2) is 10.2. The first-order valence-electron chi connectivity index (χ1n) is 15.1. The van der Waals surface area contributed by atoms with Crippen molar-refractivity contribution in [3.63, 3.8) is 0 Å². The SMILES string of the molecule is c1ccc(-c2ccccc2N(c2ccc3c4ccccc4n(-c4ccccc4)c3c2)c2nc3ccc4ccccc4c3o2)cc1. The summed E-state index contributed by atoms with van der Waals surface area (Å²) >= 11 is 0. The van der Waals surface area contributed by atoms with Crippen LogP contribution in [0.4, 0.5) is 17.4 Å². The zero-order chi connectivity index (χ0) is 29.7. The molecule has 0 bridgehead atoms. The lowest BCUT2D eigenvalue weighted by Gasteiger charge is -2.24. The minimum absolute atomic E-state index is 0.520. The van der Waals surface area contributed by atoms with Gasteiger partial charge in [-0.3, -0.25) is 4.90 Å². The van der Waals surface area contributed by atoms with E-state index in [2.05, 4.69) is 155 Å². The summed E-state index contributed by atoms with van der Waals surface area (Å²) < 4.78 is 9.08. The van der Waals surface area contributed by atoms with Crippen molar-refractivity contribution in [3.05, 3.63) is 164 Å². The number of hydrogen-bond donors (Lipinski definition) is 0. The van der Waals surface area contributed by atoms with E-state index in [0.29, 0.717) is 6.01 Å². The van der Waals surface area contributed by atoms with Crippen LogP contribution in [0.25, 0.3) is 60.5 Å². The first-order valence-corrected chi connectivity index (χ1v) is 15.1. The zero-order valence-corrected chi connectivity index (χ0v) is 24.3. The molecule has 9 rings (SSSR count). The third-order valence-electron chi connectivity index (χ3n) is 8.62. The van der Waals surface area contributed by atoms with E-state index in [0.717, 1.165) is 55.6 Å². The number of oxazole rings is 1. The number of fused-ring (bicyclic) bond motifs is 6. The van der Waals surface area contributed by atoms with Crippen molar-refractivity contribution in [3.8, 4) is 16.8 Å². The second-order valence-corrected chi connectivity index (χ2v) is 11.2. The molecular formula is C41H27N3O. The lowest BCUT2D eigenvalue weighted by atomic mass is 10.0. The Kier molecular flexibility index (Phi) is 5.78. The second-order valence-electron chi connectivity index (χ2n) is 11.2. The van der Waals surface area contributed by atoms with Gasteiger partial charge in [-0.1, -0.05) is 121 Å². The lowest BCUT2D eigenvalue weighted by Crippen LogP contribution is -2.11. The normalized spacial score (nSPS) is 11.6. The molecule has 2 aromatic heterocycles. The molecule has 2 heterocycles. The Bertz CT molecular complexity index is 2490. The summed E-state index contributed by atoms with van der Waals surface area (Å²) in [7, 11) is 0. The molecule has 0 saturated heterocycles. The van der Waals surface area contributed by atoms with E-state index < -0.39 is 0 Å². The van der Waals surface area contributed by atoms with Gasteiger partial charge < -0.3 is 8.98 Å². The first kappa shape index (κ1) is 25.4. The van der Waals surface area contributed by atoms with E-state index in [1.54, 1.807) is 0 Å². The molecule has 0 spiro atoms. The molecule has 9 aromatic rings. The number of hydrogen-bond acceptors (Lipinski definition) is 3. The van der Waals surface area contributed by atoms with E-state index in [-0.39, 0.29) is 0 Å². The summed E-state index contributed by atoms with van der Waals surface area (Å²) in [6, 6.07) is 57.7. The average Bonchev–Trinajstić information content (AvgIpc) is 3.69. The predicted molar refractivity (Wildman–Crippen MR) is 186 cm³/mol. The molecule has 0 saturated carbocycles. The fourth-order valence-electron chi connectivity index (χ4n) is 6.58. The summed E-state index contributed by atoms with van der Waals surface area (Å²) in [5, 5.41) is 4.58. The number of rotatable bonds is 5. The highest BCUT2D eigenvalue weighted by Gasteiger charge is 2.24. The van der Waals surface area contributed by atoms with Gasteiger partial charge in [-0.2, -0.15) is 4.98 Å². The summed E-state index contributed by atoms with van der Waals surface area (Å²) in [4.78, 5) is 7.26. The van der Waals surface area contributed by atoms with Crippen molar-refractivity contribution in [2.75, 3.05) is 4.90 Å². The van der Waals surface area contributed by atoms with Crippen LogP contribution in [0.2, 0.25) is 0 Å². The van der Waals surface area contributed by atoms with Crippen molar-refractivity contribution in [2.24, 2.45) is 0 Å². The van der Waals surface area contributed by atoms with Crippen LogP contribution in [0.1, 0.15) is 0 Å². The van der Waals surface area contributed by atoms with Gasteiger partial charge in [0.15, 0.2) is 5.58 Å². The topological polar surface area (TPSA) is 34.2 Å². The maximum Gasteiger partial charge on any atom is 0.307 e. The standard InChI is InChI=1S/C41H27N3O/c1-3-13-28(14-4-1)32-18-9-11-21-37(32)44(41-42-36-26-23-29-15-7-8-19-33(29)40(36)45-41)31-24-25-35-34-20-10-12-22-38(34)43(39(35)27-31)30-16-5-2-6-17-30/h1-27H.